The summed E-state index contributed by atoms with van der Waals surface area (Å²) in [5.41, 5.74) is 1.87. The minimum absolute atomic E-state index is 0.0125. The first-order valence-corrected chi connectivity index (χ1v) is 10.2. The Morgan fingerprint density at radius 2 is 1.94 bits per heavy atom. The molecule has 0 bridgehead atoms. The molecular formula is C23H25N3O5. The van der Waals surface area contributed by atoms with Crippen molar-refractivity contribution in [1.82, 2.24) is 15.0 Å². The van der Waals surface area contributed by atoms with E-state index < -0.39 is 0 Å². The Balaban J connectivity index is 1.30. The monoisotopic (exact) mass is 423 g/mol. The van der Waals surface area contributed by atoms with Crippen molar-refractivity contribution in [2.45, 2.75) is 19.4 Å². The average Bonchev–Trinajstić information content (AvgIpc) is 3.23. The number of aryl methyl sites for hydroxylation is 1. The average molecular weight is 423 g/mol. The molecule has 0 atom stereocenters. The number of aromatic nitrogens is 2. The zero-order chi connectivity index (χ0) is 21.6. The van der Waals surface area contributed by atoms with Gasteiger partial charge in [0.15, 0.2) is 12.4 Å². The quantitative estimate of drug-likeness (QED) is 0.523. The number of methoxy groups -OCH3 is 1. The third-order valence-corrected chi connectivity index (χ3v) is 4.99. The van der Waals surface area contributed by atoms with E-state index >= 15 is 0 Å². The Bertz CT molecular complexity index is 1010. The third kappa shape index (κ3) is 5.21. The van der Waals surface area contributed by atoms with Crippen LogP contribution in [0.15, 0.2) is 53.1 Å². The Morgan fingerprint density at radius 3 is 2.71 bits per heavy atom. The van der Waals surface area contributed by atoms with Crippen molar-refractivity contribution >= 4 is 5.91 Å². The molecule has 31 heavy (non-hydrogen) atoms. The van der Waals surface area contributed by atoms with E-state index in [4.69, 9.17) is 18.7 Å². The lowest BCUT2D eigenvalue weighted by Gasteiger charge is -2.39. The Kier molecular flexibility index (Phi) is 6.47. The van der Waals surface area contributed by atoms with Gasteiger partial charge in [-0.1, -0.05) is 35.0 Å². The van der Waals surface area contributed by atoms with Crippen molar-refractivity contribution in [2.75, 3.05) is 33.4 Å². The standard InChI is InChI=1S/C23H25N3O5/c1-16-7-9-17(10-8-16)29-15-22(27)26-13-18(14-26)30-20-6-4-3-5-19(20)23-24-21(25-31-23)11-12-28-2/h3-10,18H,11-15H2,1-2H3. The van der Waals surface area contributed by atoms with Crippen LogP contribution >= 0.6 is 0 Å². The molecule has 3 aromatic rings. The number of hydrogen-bond donors (Lipinski definition) is 0. The molecule has 2 aromatic carbocycles. The van der Waals surface area contributed by atoms with Gasteiger partial charge in [-0.2, -0.15) is 4.98 Å². The van der Waals surface area contributed by atoms with Crippen LogP contribution in [0.3, 0.4) is 0 Å². The van der Waals surface area contributed by atoms with Crippen molar-refractivity contribution in [2.24, 2.45) is 0 Å². The second kappa shape index (κ2) is 9.61. The molecule has 0 radical (unpaired) electrons. The molecule has 1 aliphatic rings. The smallest absolute Gasteiger partial charge is 0.261 e. The summed E-state index contributed by atoms with van der Waals surface area (Å²) in [6.07, 6.45) is 0.480. The highest BCUT2D eigenvalue weighted by Gasteiger charge is 2.33. The van der Waals surface area contributed by atoms with Gasteiger partial charge in [-0.25, -0.2) is 0 Å². The molecule has 4 rings (SSSR count). The highest BCUT2D eigenvalue weighted by atomic mass is 16.5. The summed E-state index contributed by atoms with van der Waals surface area (Å²) in [6, 6.07) is 15.1. The fourth-order valence-corrected chi connectivity index (χ4v) is 3.17. The van der Waals surface area contributed by atoms with Crippen LogP contribution in [0.25, 0.3) is 11.5 Å². The largest absolute Gasteiger partial charge is 0.486 e. The lowest BCUT2D eigenvalue weighted by molar-refractivity contribution is -0.142. The number of ether oxygens (including phenoxy) is 3. The molecule has 1 saturated heterocycles. The minimum atomic E-state index is -0.0969. The predicted molar refractivity (Wildman–Crippen MR) is 113 cm³/mol. The summed E-state index contributed by atoms with van der Waals surface area (Å²) in [7, 11) is 1.63. The van der Waals surface area contributed by atoms with Crippen LogP contribution in [-0.2, 0) is 16.0 Å². The number of para-hydroxylation sites is 1. The lowest BCUT2D eigenvalue weighted by atomic mass is 10.1. The predicted octanol–water partition coefficient (Wildman–Crippen LogP) is 2.90. The molecular weight excluding hydrogens is 398 g/mol. The van der Waals surface area contributed by atoms with Gasteiger partial charge in [0.05, 0.1) is 25.3 Å². The van der Waals surface area contributed by atoms with Crippen molar-refractivity contribution in [3.8, 4) is 23.0 Å². The first-order chi connectivity index (χ1) is 15.1. The SMILES string of the molecule is COCCc1noc(-c2ccccc2OC2CN(C(=O)COc3ccc(C)cc3)C2)n1. The number of hydrogen-bond acceptors (Lipinski definition) is 7. The highest BCUT2D eigenvalue weighted by Crippen LogP contribution is 2.30. The fourth-order valence-electron chi connectivity index (χ4n) is 3.17. The van der Waals surface area contributed by atoms with Gasteiger partial charge in [0, 0.05) is 13.5 Å². The van der Waals surface area contributed by atoms with Crippen LogP contribution in [0.1, 0.15) is 11.4 Å². The number of likely N-dealkylation sites (tertiary alicyclic amines) is 1. The molecule has 1 aliphatic heterocycles. The maximum atomic E-state index is 12.3. The van der Waals surface area contributed by atoms with Gasteiger partial charge in [-0.3, -0.25) is 4.79 Å². The summed E-state index contributed by atoms with van der Waals surface area (Å²) >= 11 is 0. The molecule has 1 aromatic heterocycles. The molecule has 0 spiro atoms. The van der Waals surface area contributed by atoms with E-state index in [2.05, 4.69) is 10.1 Å². The van der Waals surface area contributed by atoms with E-state index in [9.17, 15) is 4.79 Å². The topological polar surface area (TPSA) is 86.9 Å². The molecule has 0 N–H and O–H groups in total. The molecule has 0 saturated carbocycles. The fraction of sp³-hybridized carbons (Fsp3) is 0.348. The van der Waals surface area contributed by atoms with Gasteiger partial charge in [-0.05, 0) is 31.2 Å². The van der Waals surface area contributed by atoms with E-state index in [1.165, 1.54) is 0 Å². The number of amides is 1. The molecule has 162 valence electrons. The summed E-state index contributed by atoms with van der Waals surface area (Å²) in [5, 5.41) is 3.98. The van der Waals surface area contributed by atoms with Gasteiger partial charge >= 0.3 is 0 Å². The number of benzene rings is 2. The second-order valence-electron chi connectivity index (χ2n) is 7.40. The van der Waals surface area contributed by atoms with E-state index in [1.807, 2.05) is 55.5 Å². The van der Waals surface area contributed by atoms with Crippen molar-refractivity contribution in [1.29, 1.82) is 0 Å². The molecule has 1 fully saturated rings. The van der Waals surface area contributed by atoms with Gasteiger partial charge < -0.3 is 23.6 Å². The summed E-state index contributed by atoms with van der Waals surface area (Å²) in [4.78, 5) is 18.5. The van der Waals surface area contributed by atoms with Crippen molar-refractivity contribution in [3.63, 3.8) is 0 Å². The van der Waals surface area contributed by atoms with Crippen LogP contribution in [0.5, 0.6) is 11.5 Å². The van der Waals surface area contributed by atoms with Crippen LogP contribution in [-0.4, -0.2) is 60.5 Å². The maximum absolute atomic E-state index is 12.3. The normalized spacial score (nSPS) is 13.7. The number of carbonyl (C=O) groups excluding carboxylic acids is 1. The first kappa shape index (κ1) is 20.9. The molecule has 1 amide bonds. The third-order valence-electron chi connectivity index (χ3n) is 4.99. The van der Waals surface area contributed by atoms with E-state index in [0.717, 1.165) is 11.1 Å². The van der Waals surface area contributed by atoms with Crippen LogP contribution in [0.2, 0.25) is 0 Å². The number of nitrogens with zero attached hydrogens (tertiary/aromatic N) is 3. The number of carbonyl (C=O) groups is 1. The second-order valence-corrected chi connectivity index (χ2v) is 7.40. The van der Waals surface area contributed by atoms with Crippen LogP contribution in [0.4, 0.5) is 0 Å². The summed E-state index contributed by atoms with van der Waals surface area (Å²) in [6.45, 7) is 3.56. The molecule has 8 nitrogen and oxygen atoms in total. The van der Waals surface area contributed by atoms with Gasteiger partial charge in [-0.15, -0.1) is 0 Å². The van der Waals surface area contributed by atoms with Crippen LogP contribution < -0.4 is 9.47 Å². The zero-order valence-corrected chi connectivity index (χ0v) is 17.6. The Hall–Kier alpha value is -3.39. The van der Waals surface area contributed by atoms with E-state index in [-0.39, 0.29) is 18.6 Å². The van der Waals surface area contributed by atoms with Crippen LogP contribution in [0, 0.1) is 6.92 Å². The minimum Gasteiger partial charge on any atom is -0.486 e. The van der Waals surface area contributed by atoms with Gasteiger partial charge in [0.25, 0.3) is 11.8 Å². The maximum Gasteiger partial charge on any atom is 0.261 e. The van der Waals surface area contributed by atoms with Crippen molar-refractivity contribution in [3.05, 3.63) is 59.9 Å². The van der Waals surface area contributed by atoms with E-state index in [0.29, 0.717) is 49.3 Å². The molecule has 0 aliphatic carbocycles. The van der Waals surface area contributed by atoms with Crippen molar-refractivity contribution < 1.29 is 23.5 Å². The lowest BCUT2D eigenvalue weighted by Crippen LogP contribution is -2.57. The van der Waals surface area contributed by atoms with Gasteiger partial charge in [0.2, 0.25) is 0 Å². The highest BCUT2D eigenvalue weighted by molar-refractivity contribution is 5.78. The van der Waals surface area contributed by atoms with E-state index in [1.54, 1.807) is 12.0 Å². The molecule has 8 heteroatoms. The first-order valence-electron chi connectivity index (χ1n) is 10.2. The number of rotatable bonds is 9. The van der Waals surface area contributed by atoms with Gasteiger partial charge in [0.1, 0.15) is 17.6 Å². The molecule has 0 unspecified atom stereocenters. The summed E-state index contributed by atoms with van der Waals surface area (Å²) < 4.78 is 22.1. The molecule has 2 heterocycles. The Morgan fingerprint density at radius 1 is 1.16 bits per heavy atom. The Labute approximate surface area is 180 Å². The zero-order valence-electron chi connectivity index (χ0n) is 17.6. The summed E-state index contributed by atoms with van der Waals surface area (Å²) in [5.74, 6) is 2.26.